The van der Waals surface area contributed by atoms with Crippen LogP contribution in [0.1, 0.15) is 22.0 Å². The highest BCUT2D eigenvalue weighted by Crippen LogP contribution is 2.23. The average Bonchev–Trinajstić information content (AvgIpc) is 2.62. The van der Waals surface area contributed by atoms with E-state index in [1.54, 1.807) is 6.92 Å². The van der Waals surface area contributed by atoms with Gasteiger partial charge in [0.15, 0.2) is 0 Å². The van der Waals surface area contributed by atoms with E-state index in [-0.39, 0.29) is 5.89 Å². The lowest BCUT2D eigenvalue weighted by molar-refractivity contribution is 0.0652. The number of nitrogens with zero attached hydrogens (tertiary/aromatic N) is 1. The summed E-state index contributed by atoms with van der Waals surface area (Å²) in [6.45, 7) is 3.69. The molecule has 82 valence electrons. The van der Waals surface area contributed by atoms with Crippen LogP contribution in [0.3, 0.4) is 0 Å². The standard InChI is InChI=1S/C12H11NO3/c1-7-3-5-9(6-4-7)10-8(2)16-11(13-10)12(14)15/h3-6H,1-2H3,(H,14,15). The van der Waals surface area contributed by atoms with Gasteiger partial charge in [0, 0.05) is 5.56 Å². The maximum Gasteiger partial charge on any atom is 0.392 e. The Morgan fingerprint density at radius 1 is 1.25 bits per heavy atom. The second-order valence-corrected chi connectivity index (χ2v) is 3.59. The Bertz CT molecular complexity index is 526. The number of carboxylic acid groups (broad SMARTS) is 1. The second kappa shape index (κ2) is 3.81. The number of carboxylic acids is 1. The quantitative estimate of drug-likeness (QED) is 0.839. The van der Waals surface area contributed by atoms with Crippen molar-refractivity contribution in [3.05, 3.63) is 41.5 Å². The van der Waals surface area contributed by atoms with Crippen LogP contribution in [-0.2, 0) is 0 Å². The summed E-state index contributed by atoms with van der Waals surface area (Å²) in [5.74, 6) is -0.907. The molecule has 1 aromatic heterocycles. The average molecular weight is 217 g/mol. The number of carbonyl (C=O) groups is 1. The van der Waals surface area contributed by atoms with E-state index in [2.05, 4.69) is 4.98 Å². The van der Waals surface area contributed by atoms with Crippen molar-refractivity contribution < 1.29 is 14.3 Å². The summed E-state index contributed by atoms with van der Waals surface area (Å²) >= 11 is 0. The lowest BCUT2D eigenvalue weighted by Gasteiger charge is -1.97. The minimum Gasteiger partial charge on any atom is -0.474 e. The summed E-state index contributed by atoms with van der Waals surface area (Å²) in [6, 6.07) is 7.69. The van der Waals surface area contributed by atoms with Gasteiger partial charge < -0.3 is 9.52 Å². The van der Waals surface area contributed by atoms with Crippen molar-refractivity contribution in [2.24, 2.45) is 0 Å². The Kier molecular flexibility index (Phi) is 2.48. The van der Waals surface area contributed by atoms with E-state index in [0.29, 0.717) is 11.5 Å². The number of rotatable bonds is 2. The summed E-state index contributed by atoms with van der Waals surface area (Å²) < 4.78 is 5.05. The molecule has 0 unspecified atom stereocenters. The van der Waals surface area contributed by atoms with Crippen LogP contribution in [0.4, 0.5) is 0 Å². The van der Waals surface area contributed by atoms with Crippen LogP contribution < -0.4 is 0 Å². The topological polar surface area (TPSA) is 63.3 Å². The van der Waals surface area contributed by atoms with Crippen molar-refractivity contribution >= 4 is 5.97 Å². The van der Waals surface area contributed by atoms with Gasteiger partial charge in [-0.25, -0.2) is 9.78 Å². The molecule has 0 aliphatic carbocycles. The lowest BCUT2D eigenvalue weighted by atomic mass is 10.1. The summed E-state index contributed by atoms with van der Waals surface area (Å²) in [4.78, 5) is 14.6. The minimum atomic E-state index is -1.15. The van der Waals surface area contributed by atoms with E-state index in [1.807, 2.05) is 31.2 Å². The molecule has 0 radical (unpaired) electrons. The predicted molar refractivity (Wildman–Crippen MR) is 58.4 cm³/mol. The molecule has 4 nitrogen and oxygen atoms in total. The fraction of sp³-hybridized carbons (Fsp3) is 0.167. The van der Waals surface area contributed by atoms with Gasteiger partial charge in [-0.05, 0) is 13.8 Å². The second-order valence-electron chi connectivity index (χ2n) is 3.59. The normalized spacial score (nSPS) is 10.4. The van der Waals surface area contributed by atoms with Gasteiger partial charge in [-0.2, -0.15) is 0 Å². The van der Waals surface area contributed by atoms with E-state index in [1.165, 1.54) is 0 Å². The van der Waals surface area contributed by atoms with Gasteiger partial charge in [0.05, 0.1) is 0 Å². The number of hydrogen-bond donors (Lipinski definition) is 1. The van der Waals surface area contributed by atoms with E-state index in [9.17, 15) is 4.79 Å². The van der Waals surface area contributed by atoms with Crippen LogP contribution >= 0.6 is 0 Å². The molecule has 1 aromatic carbocycles. The molecule has 0 saturated carbocycles. The van der Waals surface area contributed by atoms with Crippen molar-refractivity contribution in [2.75, 3.05) is 0 Å². The van der Waals surface area contributed by atoms with Crippen molar-refractivity contribution in [3.8, 4) is 11.3 Å². The Balaban J connectivity index is 2.47. The molecule has 0 saturated heterocycles. The number of aryl methyl sites for hydroxylation is 2. The van der Waals surface area contributed by atoms with Crippen molar-refractivity contribution in [2.45, 2.75) is 13.8 Å². The number of aromatic nitrogens is 1. The van der Waals surface area contributed by atoms with Gasteiger partial charge >= 0.3 is 11.9 Å². The molecule has 0 amide bonds. The molecule has 1 heterocycles. The molecule has 0 bridgehead atoms. The fourth-order valence-electron chi connectivity index (χ4n) is 1.47. The van der Waals surface area contributed by atoms with Crippen LogP contribution in [0.2, 0.25) is 0 Å². The highest BCUT2D eigenvalue weighted by atomic mass is 16.4. The summed E-state index contributed by atoms with van der Waals surface area (Å²) in [5.41, 5.74) is 2.58. The van der Waals surface area contributed by atoms with E-state index in [4.69, 9.17) is 9.52 Å². The maximum atomic E-state index is 10.7. The monoisotopic (exact) mass is 217 g/mol. The minimum absolute atomic E-state index is 0.270. The molecule has 0 spiro atoms. The summed E-state index contributed by atoms with van der Waals surface area (Å²) in [5, 5.41) is 8.76. The van der Waals surface area contributed by atoms with E-state index < -0.39 is 5.97 Å². The number of oxazole rings is 1. The molecule has 0 fully saturated rings. The third-order valence-corrected chi connectivity index (χ3v) is 2.30. The third kappa shape index (κ3) is 1.82. The Morgan fingerprint density at radius 2 is 1.88 bits per heavy atom. The molecule has 0 aliphatic heterocycles. The first-order valence-corrected chi connectivity index (χ1v) is 4.85. The Morgan fingerprint density at radius 3 is 2.38 bits per heavy atom. The summed E-state index contributed by atoms with van der Waals surface area (Å²) in [6.07, 6.45) is 0. The van der Waals surface area contributed by atoms with Crippen molar-refractivity contribution in [1.82, 2.24) is 4.98 Å². The number of benzene rings is 1. The predicted octanol–water partition coefficient (Wildman–Crippen LogP) is 2.66. The first-order valence-electron chi connectivity index (χ1n) is 4.85. The first-order chi connectivity index (χ1) is 7.58. The molecule has 16 heavy (non-hydrogen) atoms. The van der Waals surface area contributed by atoms with Gasteiger partial charge in [-0.15, -0.1) is 0 Å². The zero-order valence-corrected chi connectivity index (χ0v) is 9.02. The van der Waals surface area contributed by atoms with Crippen molar-refractivity contribution in [3.63, 3.8) is 0 Å². The lowest BCUT2D eigenvalue weighted by Crippen LogP contribution is -1.95. The molecule has 2 aromatic rings. The van der Waals surface area contributed by atoms with Crippen LogP contribution in [-0.4, -0.2) is 16.1 Å². The van der Waals surface area contributed by atoms with Gasteiger partial charge in [0.1, 0.15) is 11.5 Å². The smallest absolute Gasteiger partial charge is 0.392 e. The zero-order chi connectivity index (χ0) is 11.7. The number of aromatic carboxylic acids is 1. The van der Waals surface area contributed by atoms with Crippen molar-refractivity contribution in [1.29, 1.82) is 0 Å². The highest BCUT2D eigenvalue weighted by Gasteiger charge is 2.16. The molecular formula is C12H11NO3. The van der Waals surface area contributed by atoms with Crippen LogP contribution in [0.15, 0.2) is 28.7 Å². The maximum absolute atomic E-state index is 10.7. The van der Waals surface area contributed by atoms with E-state index >= 15 is 0 Å². The molecule has 2 rings (SSSR count). The van der Waals surface area contributed by atoms with E-state index in [0.717, 1.165) is 11.1 Å². The largest absolute Gasteiger partial charge is 0.474 e. The molecule has 4 heteroatoms. The highest BCUT2D eigenvalue weighted by molar-refractivity contribution is 5.83. The van der Waals surface area contributed by atoms with Crippen LogP contribution in [0.25, 0.3) is 11.3 Å². The molecule has 1 N–H and O–H groups in total. The molecular weight excluding hydrogens is 206 g/mol. The Hall–Kier alpha value is -2.10. The third-order valence-electron chi connectivity index (χ3n) is 2.30. The fourth-order valence-corrected chi connectivity index (χ4v) is 1.47. The SMILES string of the molecule is Cc1ccc(-c2nc(C(=O)O)oc2C)cc1. The summed E-state index contributed by atoms with van der Waals surface area (Å²) in [7, 11) is 0. The van der Waals surface area contributed by atoms with Gasteiger partial charge in [-0.1, -0.05) is 29.8 Å². The van der Waals surface area contributed by atoms with Gasteiger partial charge in [-0.3, -0.25) is 0 Å². The van der Waals surface area contributed by atoms with Gasteiger partial charge in [0.25, 0.3) is 0 Å². The zero-order valence-electron chi connectivity index (χ0n) is 9.02. The molecule has 0 atom stereocenters. The van der Waals surface area contributed by atoms with Crippen LogP contribution in [0, 0.1) is 13.8 Å². The number of hydrogen-bond acceptors (Lipinski definition) is 3. The van der Waals surface area contributed by atoms with Crippen LogP contribution in [0.5, 0.6) is 0 Å². The molecule has 0 aliphatic rings. The van der Waals surface area contributed by atoms with Gasteiger partial charge in [0.2, 0.25) is 0 Å². The Labute approximate surface area is 92.6 Å². The first kappa shape index (κ1) is 10.4.